The van der Waals surface area contributed by atoms with Gasteiger partial charge in [-0.25, -0.2) is 0 Å². The standard InChI is InChI=1S/C10H21N/c1-8-6-11(7-8)9(2)10(3,4)5/h8-9H,6-7H2,1-5H3. The van der Waals surface area contributed by atoms with Crippen molar-refractivity contribution in [3.05, 3.63) is 0 Å². The molecule has 66 valence electrons. The lowest BCUT2D eigenvalue weighted by Crippen LogP contribution is -2.54. The molecule has 0 spiro atoms. The van der Waals surface area contributed by atoms with Crippen LogP contribution in [0, 0.1) is 11.3 Å². The van der Waals surface area contributed by atoms with Gasteiger partial charge in [-0.3, -0.25) is 4.90 Å². The third-order valence-electron chi connectivity index (χ3n) is 2.89. The van der Waals surface area contributed by atoms with Crippen LogP contribution >= 0.6 is 0 Å². The minimum Gasteiger partial charge on any atom is -0.300 e. The van der Waals surface area contributed by atoms with E-state index < -0.39 is 0 Å². The molecule has 1 saturated heterocycles. The molecule has 1 heterocycles. The summed E-state index contributed by atoms with van der Waals surface area (Å²) < 4.78 is 0. The normalized spacial score (nSPS) is 24.8. The highest BCUT2D eigenvalue weighted by atomic mass is 15.2. The molecule has 0 bridgehead atoms. The highest BCUT2D eigenvalue weighted by molar-refractivity contribution is 4.86. The summed E-state index contributed by atoms with van der Waals surface area (Å²) in [6.07, 6.45) is 0. The molecular weight excluding hydrogens is 134 g/mol. The van der Waals surface area contributed by atoms with E-state index in [-0.39, 0.29) is 0 Å². The predicted molar refractivity (Wildman–Crippen MR) is 49.7 cm³/mol. The smallest absolute Gasteiger partial charge is 0.0116 e. The summed E-state index contributed by atoms with van der Waals surface area (Å²) in [7, 11) is 0. The van der Waals surface area contributed by atoms with Gasteiger partial charge < -0.3 is 0 Å². The van der Waals surface area contributed by atoms with Crippen molar-refractivity contribution in [2.45, 2.75) is 40.7 Å². The van der Waals surface area contributed by atoms with E-state index in [0.29, 0.717) is 5.41 Å². The molecule has 0 amide bonds. The summed E-state index contributed by atoms with van der Waals surface area (Å²) in [5.74, 6) is 0.930. The quantitative estimate of drug-likeness (QED) is 0.562. The summed E-state index contributed by atoms with van der Waals surface area (Å²) in [6.45, 7) is 14.2. The van der Waals surface area contributed by atoms with Gasteiger partial charge in [0.2, 0.25) is 0 Å². The Balaban J connectivity index is 2.38. The molecule has 1 rings (SSSR count). The molecule has 1 aliphatic heterocycles. The Bertz CT molecular complexity index is 128. The van der Waals surface area contributed by atoms with Crippen LogP contribution in [0.2, 0.25) is 0 Å². The van der Waals surface area contributed by atoms with E-state index in [9.17, 15) is 0 Å². The first-order chi connectivity index (χ1) is 4.91. The van der Waals surface area contributed by atoms with Crippen molar-refractivity contribution in [1.82, 2.24) is 4.90 Å². The monoisotopic (exact) mass is 155 g/mol. The maximum absolute atomic E-state index is 2.57. The minimum atomic E-state index is 0.445. The Kier molecular flexibility index (Phi) is 2.29. The van der Waals surface area contributed by atoms with E-state index in [0.717, 1.165) is 12.0 Å². The van der Waals surface area contributed by atoms with Gasteiger partial charge in [-0.2, -0.15) is 0 Å². The molecule has 0 radical (unpaired) electrons. The molecule has 0 aromatic heterocycles. The van der Waals surface area contributed by atoms with Crippen molar-refractivity contribution in [2.75, 3.05) is 13.1 Å². The first-order valence-electron chi connectivity index (χ1n) is 4.65. The first kappa shape index (κ1) is 9.05. The fourth-order valence-electron chi connectivity index (χ4n) is 1.61. The van der Waals surface area contributed by atoms with Gasteiger partial charge >= 0.3 is 0 Å². The lowest BCUT2D eigenvalue weighted by atomic mass is 9.84. The van der Waals surface area contributed by atoms with Crippen molar-refractivity contribution in [1.29, 1.82) is 0 Å². The molecule has 0 aromatic carbocycles. The highest BCUT2D eigenvalue weighted by Crippen LogP contribution is 2.29. The van der Waals surface area contributed by atoms with Crippen LogP contribution in [0.4, 0.5) is 0 Å². The van der Waals surface area contributed by atoms with E-state index in [1.54, 1.807) is 0 Å². The number of nitrogens with zero attached hydrogens (tertiary/aromatic N) is 1. The predicted octanol–water partition coefficient (Wildman–Crippen LogP) is 2.37. The maximum Gasteiger partial charge on any atom is 0.0116 e. The van der Waals surface area contributed by atoms with Gasteiger partial charge in [0.25, 0.3) is 0 Å². The van der Waals surface area contributed by atoms with Gasteiger partial charge in [-0.1, -0.05) is 27.7 Å². The van der Waals surface area contributed by atoms with E-state index in [2.05, 4.69) is 39.5 Å². The second-order valence-electron chi connectivity index (χ2n) is 5.10. The molecule has 11 heavy (non-hydrogen) atoms. The lowest BCUT2D eigenvalue weighted by Gasteiger charge is -2.46. The van der Waals surface area contributed by atoms with Crippen molar-refractivity contribution < 1.29 is 0 Å². The van der Waals surface area contributed by atoms with Gasteiger partial charge in [0, 0.05) is 19.1 Å². The fraction of sp³-hybridized carbons (Fsp3) is 1.00. The molecule has 1 aliphatic rings. The third kappa shape index (κ3) is 1.96. The maximum atomic E-state index is 2.57. The van der Waals surface area contributed by atoms with Crippen LogP contribution in [0.5, 0.6) is 0 Å². The van der Waals surface area contributed by atoms with E-state index in [1.807, 2.05) is 0 Å². The SMILES string of the molecule is CC1CN(C(C)C(C)(C)C)C1. The Hall–Kier alpha value is -0.0400. The van der Waals surface area contributed by atoms with Crippen LogP contribution in [0.25, 0.3) is 0 Å². The average Bonchev–Trinajstić information content (AvgIpc) is 1.77. The van der Waals surface area contributed by atoms with Gasteiger partial charge in [0.1, 0.15) is 0 Å². The number of rotatable bonds is 1. The first-order valence-corrected chi connectivity index (χ1v) is 4.65. The highest BCUT2D eigenvalue weighted by Gasteiger charge is 2.32. The molecule has 1 fully saturated rings. The molecule has 1 nitrogen and oxygen atoms in total. The van der Waals surface area contributed by atoms with Crippen LogP contribution in [-0.4, -0.2) is 24.0 Å². The Morgan fingerprint density at radius 1 is 1.27 bits per heavy atom. The van der Waals surface area contributed by atoms with Crippen LogP contribution in [0.3, 0.4) is 0 Å². The van der Waals surface area contributed by atoms with Gasteiger partial charge in [-0.05, 0) is 18.3 Å². The second kappa shape index (κ2) is 2.78. The van der Waals surface area contributed by atoms with Crippen molar-refractivity contribution in [2.24, 2.45) is 11.3 Å². The van der Waals surface area contributed by atoms with E-state index in [1.165, 1.54) is 13.1 Å². The summed E-state index contributed by atoms with van der Waals surface area (Å²) in [5, 5.41) is 0. The van der Waals surface area contributed by atoms with E-state index in [4.69, 9.17) is 0 Å². The summed E-state index contributed by atoms with van der Waals surface area (Å²) in [5.41, 5.74) is 0.445. The van der Waals surface area contributed by atoms with Crippen LogP contribution in [0.15, 0.2) is 0 Å². The van der Waals surface area contributed by atoms with Crippen molar-refractivity contribution >= 4 is 0 Å². The lowest BCUT2D eigenvalue weighted by molar-refractivity contribution is 0.0187. The molecule has 1 atom stereocenters. The van der Waals surface area contributed by atoms with Crippen LogP contribution in [0.1, 0.15) is 34.6 Å². The zero-order chi connectivity index (χ0) is 8.65. The van der Waals surface area contributed by atoms with Crippen molar-refractivity contribution in [3.63, 3.8) is 0 Å². The molecule has 0 saturated carbocycles. The van der Waals surface area contributed by atoms with Crippen molar-refractivity contribution in [3.8, 4) is 0 Å². The topological polar surface area (TPSA) is 3.24 Å². The number of hydrogen-bond acceptors (Lipinski definition) is 1. The van der Waals surface area contributed by atoms with E-state index >= 15 is 0 Å². The summed E-state index contributed by atoms with van der Waals surface area (Å²) in [4.78, 5) is 2.57. The molecule has 0 aromatic rings. The summed E-state index contributed by atoms with van der Waals surface area (Å²) in [6, 6.07) is 0.735. The number of hydrogen-bond donors (Lipinski definition) is 0. The fourth-order valence-corrected chi connectivity index (χ4v) is 1.61. The Labute approximate surface area is 70.8 Å². The third-order valence-corrected chi connectivity index (χ3v) is 2.89. The Morgan fingerprint density at radius 3 is 2.00 bits per heavy atom. The van der Waals surface area contributed by atoms with Gasteiger partial charge in [0.05, 0.1) is 0 Å². The van der Waals surface area contributed by atoms with Crippen LogP contribution < -0.4 is 0 Å². The Morgan fingerprint density at radius 2 is 1.73 bits per heavy atom. The average molecular weight is 155 g/mol. The van der Waals surface area contributed by atoms with Gasteiger partial charge in [0.15, 0.2) is 0 Å². The van der Waals surface area contributed by atoms with Crippen LogP contribution in [-0.2, 0) is 0 Å². The zero-order valence-corrected chi connectivity index (χ0v) is 8.52. The zero-order valence-electron chi connectivity index (χ0n) is 8.52. The van der Waals surface area contributed by atoms with Gasteiger partial charge in [-0.15, -0.1) is 0 Å². The molecule has 0 aliphatic carbocycles. The largest absolute Gasteiger partial charge is 0.300 e. The summed E-state index contributed by atoms with van der Waals surface area (Å²) >= 11 is 0. The molecule has 1 unspecified atom stereocenters. The second-order valence-corrected chi connectivity index (χ2v) is 5.10. The molecule has 0 N–H and O–H groups in total. The number of likely N-dealkylation sites (tertiary alicyclic amines) is 1. The molecule has 1 heteroatoms. The minimum absolute atomic E-state index is 0.445. The molecular formula is C10H21N.